The number of amides is 1. The van der Waals surface area contributed by atoms with E-state index in [-0.39, 0.29) is 18.1 Å². The fourth-order valence-electron chi connectivity index (χ4n) is 3.30. The van der Waals surface area contributed by atoms with Gasteiger partial charge in [-0.15, -0.1) is 0 Å². The number of hydrogen-bond donors (Lipinski definition) is 1. The van der Waals surface area contributed by atoms with Gasteiger partial charge in [-0.05, 0) is 41.7 Å². The molecule has 2 atom stereocenters. The van der Waals surface area contributed by atoms with Crippen LogP contribution in [0.1, 0.15) is 50.8 Å². The highest BCUT2D eigenvalue weighted by molar-refractivity contribution is 7.07. The number of unbranched alkanes of at least 4 members (excludes halogenated alkanes) is 1. The number of nitrogens with one attached hydrogen (secondary N) is 1. The Bertz CT molecular complexity index is 471. The van der Waals surface area contributed by atoms with Gasteiger partial charge in [0.25, 0.3) is 0 Å². The Morgan fingerprint density at radius 3 is 2.90 bits per heavy atom. The van der Waals surface area contributed by atoms with E-state index in [0.717, 1.165) is 32.1 Å². The lowest BCUT2D eigenvalue weighted by Gasteiger charge is -2.42. The molecule has 0 spiro atoms. The number of nitrogens with zero attached hydrogens (tertiary/aromatic N) is 1. The van der Waals surface area contributed by atoms with Crippen LogP contribution in [-0.2, 0) is 9.53 Å². The summed E-state index contributed by atoms with van der Waals surface area (Å²) in [6.45, 7) is 2.17. The van der Waals surface area contributed by atoms with E-state index < -0.39 is 0 Å². The third-order valence-corrected chi connectivity index (χ3v) is 5.39. The van der Waals surface area contributed by atoms with Crippen molar-refractivity contribution in [2.75, 3.05) is 7.11 Å². The van der Waals surface area contributed by atoms with Crippen LogP contribution in [-0.4, -0.2) is 36.1 Å². The molecule has 1 N–H and O–H groups in total. The van der Waals surface area contributed by atoms with E-state index >= 15 is 0 Å². The molecule has 1 aromatic rings. The van der Waals surface area contributed by atoms with Crippen molar-refractivity contribution in [3.63, 3.8) is 0 Å². The Balaban J connectivity index is 1.74. The van der Waals surface area contributed by atoms with Crippen molar-refractivity contribution in [3.05, 3.63) is 22.4 Å². The summed E-state index contributed by atoms with van der Waals surface area (Å²) in [7, 11) is 1.76. The fraction of sp³-hybridized carbons (Fsp3) is 0.688. The van der Waals surface area contributed by atoms with Gasteiger partial charge in [-0.1, -0.05) is 19.8 Å². The lowest BCUT2D eigenvalue weighted by atomic mass is 9.87. The van der Waals surface area contributed by atoms with Gasteiger partial charge in [-0.25, -0.2) is 0 Å². The number of carbonyl (C=O) groups excluding carboxylic acids is 1. The molecule has 2 heterocycles. The summed E-state index contributed by atoms with van der Waals surface area (Å²) in [4.78, 5) is 14.9. The third kappa shape index (κ3) is 2.87. The van der Waals surface area contributed by atoms with Gasteiger partial charge in [-0.3, -0.25) is 10.1 Å². The molecular weight excluding hydrogens is 284 g/mol. The Morgan fingerprint density at radius 2 is 2.29 bits per heavy atom. The van der Waals surface area contributed by atoms with Crippen molar-refractivity contribution < 1.29 is 9.53 Å². The third-order valence-electron chi connectivity index (χ3n) is 4.69. The average molecular weight is 308 g/mol. The van der Waals surface area contributed by atoms with Crippen LogP contribution >= 0.6 is 11.3 Å². The second-order valence-electron chi connectivity index (χ2n) is 6.05. The molecule has 3 rings (SSSR count). The molecule has 1 aromatic heterocycles. The predicted molar refractivity (Wildman–Crippen MR) is 84.2 cm³/mol. The van der Waals surface area contributed by atoms with Gasteiger partial charge in [-0.2, -0.15) is 11.3 Å². The molecule has 0 bridgehead atoms. The molecule has 2 fully saturated rings. The van der Waals surface area contributed by atoms with Crippen LogP contribution in [0.3, 0.4) is 0 Å². The van der Waals surface area contributed by atoms with Gasteiger partial charge >= 0.3 is 0 Å². The predicted octanol–water partition coefficient (Wildman–Crippen LogP) is 2.91. The minimum absolute atomic E-state index is 0.0172. The normalized spacial score (nSPS) is 32.5. The number of rotatable bonds is 6. The van der Waals surface area contributed by atoms with Crippen molar-refractivity contribution in [2.45, 2.75) is 63.4 Å². The molecule has 116 valence electrons. The molecule has 2 unspecified atom stereocenters. The molecular formula is C16H24N2O2S. The zero-order chi connectivity index (χ0) is 14.8. The average Bonchev–Trinajstić information content (AvgIpc) is 3.05. The molecule has 0 aromatic carbocycles. The number of ether oxygens (including phenoxy) is 1. The molecule has 0 radical (unpaired) electrons. The molecule has 4 nitrogen and oxygen atoms in total. The summed E-state index contributed by atoms with van der Waals surface area (Å²) in [5.41, 5.74) is 1.22. The minimum atomic E-state index is -0.0172. The second kappa shape index (κ2) is 6.46. The first-order valence-corrected chi connectivity index (χ1v) is 8.82. The van der Waals surface area contributed by atoms with E-state index in [1.54, 1.807) is 18.4 Å². The summed E-state index contributed by atoms with van der Waals surface area (Å²) in [5, 5.41) is 7.78. The van der Waals surface area contributed by atoms with Crippen molar-refractivity contribution in [1.29, 1.82) is 0 Å². The fourth-order valence-corrected chi connectivity index (χ4v) is 3.98. The summed E-state index contributed by atoms with van der Waals surface area (Å²) >= 11 is 1.69. The zero-order valence-corrected chi connectivity index (χ0v) is 13.6. The van der Waals surface area contributed by atoms with Crippen LogP contribution in [0.25, 0.3) is 0 Å². The summed E-state index contributed by atoms with van der Waals surface area (Å²) in [6.07, 6.45) is 5.46. The Hall–Kier alpha value is -0.910. The molecule has 1 aliphatic heterocycles. The highest BCUT2D eigenvalue weighted by atomic mass is 32.1. The van der Waals surface area contributed by atoms with Gasteiger partial charge in [0.1, 0.15) is 6.17 Å². The lowest BCUT2D eigenvalue weighted by Crippen LogP contribution is -2.50. The minimum Gasteiger partial charge on any atom is -0.381 e. The van der Waals surface area contributed by atoms with Crippen LogP contribution in [0.5, 0.6) is 0 Å². The Labute approximate surface area is 130 Å². The standard InChI is InChI=1S/C16H24N2O2S/c1-3-4-5-14-16(19)18(12-8-13(9-12)20-2)15(17-14)11-6-7-21-10-11/h6-7,10,12-15,17H,3-5,8-9H2,1-2H3. The highest BCUT2D eigenvalue weighted by Gasteiger charge is 2.46. The maximum atomic E-state index is 12.8. The van der Waals surface area contributed by atoms with Gasteiger partial charge in [0.2, 0.25) is 5.91 Å². The van der Waals surface area contributed by atoms with Crippen molar-refractivity contribution in [1.82, 2.24) is 10.2 Å². The molecule has 1 saturated carbocycles. The van der Waals surface area contributed by atoms with Crippen molar-refractivity contribution in [2.24, 2.45) is 0 Å². The summed E-state index contributed by atoms with van der Waals surface area (Å²) < 4.78 is 5.37. The molecule has 1 saturated heterocycles. The van der Waals surface area contributed by atoms with Crippen molar-refractivity contribution in [3.8, 4) is 0 Å². The molecule has 5 heteroatoms. The lowest BCUT2D eigenvalue weighted by molar-refractivity contribution is -0.137. The Kier molecular flexibility index (Phi) is 4.62. The maximum Gasteiger partial charge on any atom is 0.241 e. The monoisotopic (exact) mass is 308 g/mol. The van der Waals surface area contributed by atoms with Crippen molar-refractivity contribution >= 4 is 17.2 Å². The Morgan fingerprint density at radius 1 is 1.48 bits per heavy atom. The van der Waals surface area contributed by atoms with Crippen LogP contribution in [0, 0.1) is 0 Å². The van der Waals surface area contributed by atoms with E-state index in [4.69, 9.17) is 4.74 Å². The van der Waals surface area contributed by atoms with E-state index in [9.17, 15) is 4.79 Å². The van der Waals surface area contributed by atoms with Gasteiger partial charge in [0, 0.05) is 13.2 Å². The summed E-state index contributed by atoms with van der Waals surface area (Å²) in [5.74, 6) is 0.277. The van der Waals surface area contributed by atoms with E-state index in [0.29, 0.717) is 12.1 Å². The molecule has 2 aliphatic rings. The molecule has 1 aliphatic carbocycles. The maximum absolute atomic E-state index is 12.8. The van der Waals surface area contributed by atoms with Crippen LogP contribution in [0.15, 0.2) is 16.8 Å². The van der Waals surface area contributed by atoms with Crippen LogP contribution in [0.4, 0.5) is 0 Å². The van der Waals surface area contributed by atoms with Crippen LogP contribution in [0.2, 0.25) is 0 Å². The number of carbonyl (C=O) groups is 1. The number of methoxy groups -OCH3 is 1. The SMILES string of the molecule is CCCCC1NC(c2ccsc2)N(C2CC(OC)C2)C1=O. The van der Waals surface area contributed by atoms with Gasteiger partial charge in [0.15, 0.2) is 0 Å². The van der Waals surface area contributed by atoms with E-state index in [1.807, 2.05) is 0 Å². The molecule has 1 amide bonds. The quantitative estimate of drug-likeness (QED) is 0.878. The first-order valence-electron chi connectivity index (χ1n) is 7.87. The first-order chi connectivity index (χ1) is 10.2. The van der Waals surface area contributed by atoms with E-state index in [2.05, 4.69) is 34.0 Å². The first kappa shape index (κ1) is 15.0. The van der Waals surface area contributed by atoms with Crippen LogP contribution < -0.4 is 5.32 Å². The van der Waals surface area contributed by atoms with Gasteiger partial charge in [0.05, 0.1) is 12.1 Å². The van der Waals surface area contributed by atoms with E-state index in [1.165, 1.54) is 5.56 Å². The topological polar surface area (TPSA) is 41.6 Å². The molecule has 21 heavy (non-hydrogen) atoms. The summed E-state index contributed by atoms with van der Waals surface area (Å²) in [6, 6.07) is 2.43. The van der Waals surface area contributed by atoms with Gasteiger partial charge < -0.3 is 9.64 Å². The smallest absolute Gasteiger partial charge is 0.241 e. The second-order valence-corrected chi connectivity index (χ2v) is 6.83. The number of hydrogen-bond acceptors (Lipinski definition) is 4. The number of thiophene rings is 1. The zero-order valence-electron chi connectivity index (χ0n) is 12.7. The largest absolute Gasteiger partial charge is 0.381 e. The highest BCUT2D eigenvalue weighted by Crippen LogP contribution is 2.37.